The lowest BCUT2D eigenvalue weighted by Gasteiger charge is -2.11. The Hall–Kier alpha value is -3.39. The summed E-state index contributed by atoms with van der Waals surface area (Å²) in [6, 6.07) is 18.9. The lowest BCUT2D eigenvalue weighted by molar-refractivity contribution is 0.0935. The van der Waals surface area contributed by atoms with Gasteiger partial charge in [0.2, 0.25) is 0 Å². The molecule has 0 bridgehead atoms. The van der Waals surface area contributed by atoms with Crippen LogP contribution in [0, 0.1) is 0 Å². The minimum absolute atomic E-state index is 0.104. The molecule has 0 unspecified atom stereocenters. The van der Waals surface area contributed by atoms with Crippen LogP contribution in [0.5, 0.6) is 5.75 Å². The van der Waals surface area contributed by atoms with Gasteiger partial charge in [-0.2, -0.15) is 5.10 Å². The number of nitrogens with one attached hydrogen (secondary N) is 3. The fraction of sp³-hybridized carbons (Fsp3) is 0.0556. The van der Waals surface area contributed by atoms with Crippen molar-refractivity contribution in [1.29, 1.82) is 0 Å². The number of para-hydroxylation sites is 1. The number of hydrogen-bond donors (Lipinski definition) is 4. The first-order chi connectivity index (χ1) is 12.6. The Balaban J connectivity index is 1.55. The molecule has 0 aliphatic heterocycles. The fourth-order valence-corrected chi connectivity index (χ4v) is 2.36. The number of carbonyl (C=O) groups excluding carboxylic acids is 1. The molecule has 0 atom stereocenters. The van der Waals surface area contributed by atoms with Gasteiger partial charge < -0.3 is 10.4 Å². The van der Waals surface area contributed by atoms with E-state index in [1.165, 1.54) is 10.9 Å². The molecule has 0 saturated carbocycles. The zero-order valence-corrected chi connectivity index (χ0v) is 14.5. The van der Waals surface area contributed by atoms with E-state index in [1.54, 1.807) is 0 Å². The average Bonchev–Trinajstić information content (AvgIpc) is 3.08. The lowest BCUT2D eigenvalue weighted by atomic mass is 10.2. The maximum atomic E-state index is 12.2. The van der Waals surface area contributed by atoms with Crippen LogP contribution < -0.4 is 16.2 Å². The maximum Gasteiger partial charge on any atom is 0.294 e. The highest BCUT2D eigenvalue weighted by atomic mass is 32.1. The Bertz CT molecular complexity index is 896. The van der Waals surface area contributed by atoms with Crippen molar-refractivity contribution in [3.63, 3.8) is 0 Å². The summed E-state index contributed by atoms with van der Waals surface area (Å²) in [5, 5.41) is 17.3. The van der Waals surface area contributed by atoms with Crippen molar-refractivity contribution < 1.29 is 9.90 Å². The highest BCUT2D eigenvalue weighted by molar-refractivity contribution is 7.80. The zero-order valence-electron chi connectivity index (χ0n) is 13.7. The molecule has 26 heavy (non-hydrogen) atoms. The highest BCUT2D eigenvalue weighted by Crippen LogP contribution is 2.17. The SMILES string of the molecule is O=C(NNC(=S)NCc1ccccc1)c1nn(-c2ccccc2)cc1O. The topological polar surface area (TPSA) is 91.2 Å². The molecule has 3 aromatic rings. The first-order valence-electron chi connectivity index (χ1n) is 7.85. The molecular formula is C18H17N5O2S. The summed E-state index contributed by atoms with van der Waals surface area (Å²) in [6.45, 7) is 0.524. The number of aromatic hydroxyl groups is 1. The second kappa shape index (κ2) is 8.13. The first kappa shape index (κ1) is 17.4. The summed E-state index contributed by atoms with van der Waals surface area (Å²) in [5.41, 5.74) is 6.68. The largest absolute Gasteiger partial charge is 0.504 e. The summed E-state index contributed by atoms with van der Waals surface area (Å²) in [4.78, 5) is 12.2. The fourth-order valence-electron chi connectivity index (χ4n) is 2.23. The summed E-state index contributed by atoms with van der Waals surface area (Å²) in [6.07, 6.45) is 1.37. The van der Waals surface area contributed by atoms with E-state index in [-0.39, 0.29) is 16.6 Å². The van der Waals surface area contributed by atoms with E-state index in [4.69, 9.17) is 12.2 Å². The molecular weight excluding hydrogens is 350 g/mol. The summed E-state index contributed by atoms with van der Waals surface area (Å²) >= 11 is 5.11. The van der Waals surface area contributed by atoms with Crippen molar-refractivity contribution in [1.82, 2.24) is 25.9 Å². The third-order valence-electron chi connectivity index (χ3n) is 3.52. The molecule has 0 spiro atoms. The molecule has 0 saturated heterocycles. The van der Waals surface area contributed by atoms with Crippen molar-refractivity contribution in [2.75, 3.05) is 0 Å². The maximum absolute atomic E-state index is 12.2. The molecule has 132 valence electrons. The molecule has 1 aromatic heterocycles. The normalized spacial score (nSPS) is 10.2. The van der Waals surface area contributed by atoms with Crippen LogP contribution in [0.4, 0.5) is 0 Å². The third-order valence-corrected chi connectivity index (χ3v) is 3.76. The van der Waals surface area contributed by atoms with E-state index < -0.39 is 5.91 Å². The number of aromatic nitrogens is 2. The van der Waals surface area contributed by atoms with Crippen LogP contribution in [0.25, 0.3) is 5.69 Å². The number of amides is 1. The summed E-state index contributed by atoms with van der Waals surface area (Å²) in [7, 11) is 0. The van der Waals surface area contributed by atoms with E-state index in [0.29, 0.717) is 6.54 Å². The second-order valence-corrected chi connectivity index (χ2v) is 5.80. The highest BCUT2D eigenvalue weighted by Gasteiger charge is 2.17. The quantitative estimate of drug-likeness (QED) is 0.416. The van der Waals surface area contributed by atoms with Crippen LogP contribution in [0.1, 0.15) is 16.1 Å². The minimum Gasteiger partial charge on any atom is -0.504 e. The molecule has 0 aliphatic carbocycles. The zero-order chi connectivity index (χ0) is 18.4. The van der Waals surface area contributed by atoms with Gasteiger partial charge in [-0.1, -0.05) is 48.5 Å². The first-order valence-corrected chi connectivity index (χ1v) is 8.26. The van der Waals surface area contributed by atoms with Gasteiger partial charge in [-0.3, -0.25) is 15.6 Å². The minimum atomic E-state index is -0.596. The standard InChI is InChI=1S/C18H17N5O2S/c24-15-12-23(14-9-5-2-6-10-14)22-16(15)17(25)20-21-18(26)19-11-13-7-3-1-4-8-13/h1-10,12,24H,11H2,(H,20,25)(H2,19,21,26). The molecule has 4 N–H and O–H groups in total. The van der Waals surface area contributed by atoms with Crippen LogP contribution in [0.3, 0.4) is 0 Å². The van der Waals surface area contributed by atoms with Crippen molar-refractivity contribution >= 4 is 23.2 Å². The van der Waals surface area contributed by atoms with E-state index in [2.05, 4.69) is 21.3 Å². The lowest BCUT2D eigenvalue weighted by Crippen LogP contribution is -2.46. The van der Waals surface area contributed by atoms with Crippen LogP contribution in [-0.4, -0.2) is 25.9 Å². The Morgan fingerprint density at radius 1 is 1.04 bits per heavy atom. The van der Waals surface area contributed by atoms with Gasteiger partial charge >= 0.3 is 0 Å². The number of hydrazine groups is 1. The molecule has 1 amide bonds. The number of hydrogen-bond acceptors (Lipinski definition) is 4. The van der Waals surface area contributed by atoms with E-state index in [0.717, 1.165) is 11.3 Å². The van der Waals surface area contributed by atoms with E-state index in [1.807, 2.05) is 60.7 Å². The van der Waals surface area contributed by atoms with Crippen LogP contribution >= 0.6 is 12.2 Å². The van der Waals surface area contributed by atoms with Gasteiger partial charge in [0.25, 0.3) is 5.91 Å². The number of thiocarbonyl (C=S) groups is 1. The molecule has 2 aromatic carbocycles. The molecule has 3 rings (SSSR count). The second-order valence-electron chi connectivity index (χ2n) is 5.39. The van der Waals surface area contributed by atoms with Crippen molar-refractivity contribution in [2.45, 2.75) is 6.54 Å². The summed E-state index contributed by atoms with van der Waals surface area (Å²) in [5.74, 6) is -0.822. The van der Waals surface area contributed by atoms with Gasteiger partial charge in [-0.25, -0.2) is 4.68 Å². The summed E-state index contributed by atoms with van der Waals surface area (Å²) < 4.78 is 1.43. The van der Waals surface area contributed by atoms with E-state index >= 15 is 0 Å². The molecule has 8 heteroatoms. The van der Waals surface area contributed by atoms with Crippen molar-refractivity contribution in [3.8, 4) is 11.4 Å². The van der Waals surface area contributed by atoms with Crippen LogP contribution in [-0.2, 0) is 6.54 Å². The number of nitrogens with zero attached hydrogens (tertiary/aromatic N) is 2. The average molecular weight is 367 g/mol. The van der Waals surface area contributed by atoms with Gasteiger partial charge in [0.05, 0.1) is 11.9 Å². The number of rotatable bonds is 4. The van der Waals surface area contributed by atoms with Crippen molar-refractivity contribution in [3.05, 3.63) is 78.1 Å². The number of carbonyl (C=O) groups is 1. The number of benzene rings is 2. The van der Waals surface area contributed by atoms with Gasteiger partial charge in [0, 0.05) is 6.54 Å². The Morgan fingerprint density at radius 3 is 2.38 bits per heavy atom. The van der Waals surface area contributed by atoms with E-state index in [9.17, 15) is 9.90 Å². The van der Waals surface area contributed by atoms with Crippen LogP contribution in [0.15, 0.2) is 66.9 Å². The Morgan fingerprint density at radius 2 is 1.69 bits per heavy atom. The molecule has 0 radical (unpaired) electrons. The van der Waals surface area contributed by atoms with Gasteiger partial charge in [-0.05, 0) is 29.9 Å². The van der Waals surface area contributed by atoms with Gasteiger partial charge in [-0.15, -0.1) is 0 Å². The van der Waals surface area contributed by atoms with Crippen LogP contribution in [0.2, 0.25) is 0 Å². The van der Waals surface area contributed by atoms with Gasteiger partial charge in [0.1, 0.15) is 0 Å². The monoisotopic (exact) mass is 367 g/mol. The van der Waals surface area contributed by atoms with Crippen molar-refractivity contribution in [2.24, 2.45) is 0 Å². The molecule has 7 nitrogen and oxygen atoms in total. The van der Waals surface area contributed by atoms with Gasteiger partial charge in [0.15, 0.2) is 16.6 Å². The Labute approximate surface area is 155 Å². The predicted octanol–water partition coefficient (Wildman–Crippen LogP) is 1.89. The Kier molecular flexibility index (Phi) is 5.45. The third kappa shape index (κ3) is 4.37. The predicted molar refractivity (Wildman–Crippen MR) is 102 cm³/mol. The molecule has 0 fully saturated rings. The smallest absolute Gasteiger partial charge is 0.294 e. The molecule has 0 aliphatic rings. The molecule has 1 heterocycles.